The maximum atomic E-state index is 12.0. The summed E-state index contributed by atoms with van der Waals surface area (Å²) in [5.41, 5.74) is 0.618. The number of hydrogen-bond donors (Lipinski definition) is 2. The van der Waals surface area contributed by atoms with Gasteiger partial charge in [0.15, 0.2) is 5.78 Å². The first-order chi connectivity index (χ1) is 9.55. The number of anilines is 1. The topological polar surface area (TPSA) is 75.6 Å². The summed E-state index contributed by atoms with van der Waals surface area (Å²) in [6.07, 6.45) is 0.209. The van der Waals surface area contributed by atoms with Gasteiger partial charge in [-0.25, -0.2) is 0 Å². The largest absolute Gasteiger partial charge is 0.506 e. The average Bonchev–Trinajstić information content (AvgIpc) is 2.85. The van der Waals surface area contributed by atoms with Gasteiger partial charge in [0.05, 0.1) is 24.1 Å². The van der Waals surface area contributed by atoms with Gasteiger partial charge in [-0.15, -0.1) is 11.3 Å². The molecular weight excluding hydrogens is 278 g/mol. The smallest absolute Gasteiger partial charge is 0.305 e. The van der Waals surface area contributed by atoms with Gasteiger partial charge in [-0.2, -0.15) is 0 Å². The molecule has 0 aliphatic rings. The molecule has 5 nitrogen and oxygen atoms in total. The number of nitrogens with one attached hydrogen (secondary N) is 1. The monoisotopic (exact) mass is 293 g/mol. The van der Waals surface area contributed by atoms with E-state index in [1.807, 2.05) is 0 Å². The summed E-state index contributed by atoms with van der Waals surface area (Å²) < 4.78 is 5.42. The van der Waals surface area contributed by atoms with E-state index in [4.69, 9.17) is 0 Å². The number of carbonyl (C=O) groups excluding carboxylic acids is 2. The summed E-state index contributed by atoms with van der Waals surface area (Å²) in [6.45, 7) is 0. The average molecular weight is 293 g/mol. The number of carbonyl (C=O) groups is 2. The number of benzene rings is 1. The molecule has 0 aliphatic carbocycles. The lowest BCUT2D eigenvalue weighted by atomic mass is 10.1. The van der Waals surface area contributed by atoms with Crippen LogP contribution in [0, 0.1) is 0 Å². The first kappa shape index (κ1) is 14.3. The van der Waals surface area contributed by atoms with Crippen molar-refractivity contribution in [3.63, 3.8) is 0 Å². The molecule has 0 unspecified atom stereocenters. The van der Waals surface area contributed by atoms with Crippen molar-refractivity contribution in [3.05, 3.63) is 23.1 Å². The molecule has 2 rings (SSSR count). The van der Waals surface area contributed by atoms with Crippen molar-refractivity contribution < 1.29 is 19.4 Å². The molecular formula is C14H15NO4S. The van der Waals surface area contributed by atoms with Crippen LogP contribution >= 0.6 is 11.3 Å². The van der Waals surface area contributed by atoms with Crippen LogP contribution in [0.3, 0.4) is 0 Å². The van der Waals surface area contributed by atoms with Crippen LogP contribution in [-0.2, 0) is 9.53 Å². The number of esters is 1. The Kier molecular flexibility index (Phi) is 4.24. The van der Waals surface area contributed by atoms with Crippen molar-refractivity contribution in [1.82, 2.24) is 0 Å². The minimum Gasteiger partial charge on any atom is -0.506 e. The van der Waals surface area contributed by atoms with Crippen molar-refractivity contribution >= 4 is 38.9 Å². The van der Waals surface area contributed by atoms with Crippen molar-refractivity contribution in [3.8, 4) is 5.75 Å². The second-order valence-corrected chi connectivity index (χ2v) is 5.35. The molecule has 1 aromatic carbocycles. The van der Waals surface area contributed by atoms with E-state index >= 15 is 0 Å². The molecule has 0 atom stereocenters. The van der Waals surface area contributed by atoms with Crippen molar-refractivity contribution in [2.24, 2.45) is 0 Å². The second kappa shape index (κ2) is 5.92. The molecule has 6 heteroatoms. The number of methoxy groups -OCH3 is 1. The Hall–Kier alpha value is -2.08. The quantitative estimate of drug-likeness (QED) is 0.503. The number of thiophene rings is 1. The molecule has 1 aromatic heterocycles. The van der Waals surface area contributed by atoms with Gasteiger partial charge in [0, 0.05) is 18.2 Å². The number of aromatic hydroxyl groups is 1. The van der Waals surface area contributed by atoms with Gasteiger partial charge in [0.1, 0.15) is 5.75 Å². The van der Waals surface area contributed by atoms with Crippen LogP contribution in [0.15, 0.2) is 18.2 Å². The zero-order chi connectivity index (χ0) is 14.7. The van der Waals surface area contributed by atoms with E-state index < -0.39 is 5.97 Å². The van der Waals surface area contributed by atoms with E-state index in [0.29, 0.717) is 10.6 Å². The maximum Gasteiger partial charge on any atom is 0.305 e. The molecule has 2 aromatic rings. The van der Waals surface area contributed by atoms with Crippen molar-refractivity contribution in [1.29, 1.82) is 0 Å². The van der Waals surface area contributed by atoms with Crippen LogP contribution in [-0.4, -0.2) is 31.0 Å². The molecule has 0 spiro atoms. The highest BCUT2D eigenvalue weighted by Crippen LogP contribution is 2.34. The fourth-order valence-corrected chi connectivity index (χ4v) is 2.90. The molecule has 0 saturated heterocycles. The Bertz CT molecular complexity index is 662. The number of ketones is 1. The fourth-order valence-electron chi connectivity index (χ4n) is 1.85. The number of ether oxygens (including phenoxy) is 1. The van der Waals surface area contributed by atoms with Gasteiger partial charge >= 0.3 is 5.97 Å². The zero-order valence-electron chi connectivity index (χ0n) is 11.2. The predicted octanol–water partition coefficient (Wildman–Crippen LogP) is 2.78. The number of hydrogen-bond acceptors (Lipinski definition) is 6. The van der Waals surface area contributed by atoms with Crippen LogP contribution < -0.4 is 5.32 Å². The molecule has 0 amide bonds. The molecule has 1 heterocycles. The lowest BCUT2D eigenvalue weighted by Gasteiger charge is -2.02. The Labute approximate surface area is 120 Å². The fraction of sp³-hybridized carbons (Fsp3) is 0.286. The number of Topliss-reactive ketones (excluding diaryl/α,β-unsaturated/α-hetero) is 1. The van der Waals surface area contributed by atoms with Crippen LogP contribution in [0.25, 0.3) is 10.1 Å². The number of rotatable bonds is 5. The molecule has 0 radical (unpaired) electrons. The first-order valence-corrected chi connectivity index (χ1v) is 6.91. The van der Waals surface area contributed by atoms with Crippen LogP contribution in [0.1, 0.15) is 22.5 Å². The van der Waals surface area contributed by atoms with E-state index in [1.54, 1.807) is 25.2 Å². The molecule has 0 saturated carbocycles. The summed E-state index contributed by atoms with van der Waals surface area (Å²) in [5.74, 6) is -0.344. The van der Waals surface area contributed by atoms with Crippen LogP contribution in [0.2, 0.25) is 0 Å². The van der Waals surface area contributed by atoms with Crippen LogP contribution in [0.5, 0.6) is 5.75 Å². The highest BCUT2D eigenvalue weighted by molar-refractivity contribution is 7.20. The third-order valence-corrected chi connectivity index (χ3v) is 4.10. The minimum atomic E-state index is -0.394. The number of phenols is 1. The SMILES string of the molecule is CNc1cc2sc(C(=O)CCC(=O)OC)cc2cc1O. The van der Waals surface area contributed by atoms with Gasteiger partial charge in [-0.05, 0) is 23.6 Å². The molecule has 20 heavy (non-hydrogen) atoms. The molecule has 0 bridgehead atoms. The third kappa shape index (κ3) is 2.91. The summed E-state index contributed by atoms with van der Waals surface area (Å²) >= 11 is 1.35. The Morgan fingerprint density at radius 3 is 2.70 bits per heavy atom. The zero-order valence-corrected chi connectivity index (χ0v) is 12.0. The van der Waals surface area contributed by atoms with Gasteiger partial charge in [-0.1, -0.05) is 0 Å². The normalized spacial score (nSPS) is 10.5. The highest BCUT2D eigenvalue weighted by atomic mass is 32.1. The Morgan fingerprint density at radius 2 is 2.05 bits per heavy atom. The highest BCUT2D eigenvalue weighted by Gasteiger charge is 2.14. The van der Waals surface area contributed by atoms with Gasteiger partial charge in [0.25, 0.3) is 0 Å². The van der Waals surface area contributed by atoms with Gasteiger partial charge in [-0.3, -0.25) is 9.59 Å². The molecule has 0 aliphatic heterocycles. The molecule has 106 valence electrons. The van der Waals surface area contributed by atoms with E-state index in [0.717, 1.165) is 10.1 Å². The summed E-state index contributed by atoms with van der Waals surface area (Å²) in [7, 11) is 3.02. The van der Waals surface area contributed by atoms with Crippen molar-refractivity contribution in [2.75, 3.05) is 19.5 Å². The van der Waals surface area contributed by atoms with E-state index in [2.05, 4.69) is 10.1 Å². The standard InChI is InChI=1S/C14H15NO4S/c1-15-9-7-12-8(5-11(9)17)6-13(20-12)10(16)3-4-14(18)19-2/h5-7,15,17H,3-4H2,1-2H3. The molecule has 0 fully saturated rings. The van der Waals surface area contributed by atoms with E-state index in [9.17, 15) is 14.7 Å². The number of fused-ring (bicyclic) bond motifs is 1. The van der Waals surface area contributed by atoms with Gasteiger partial charge in [0.2, 0.25) is 0 Å². The maximum absolute atomic E-state index is 12.0. The van der Waals surface area contributed by atoms with E-state index in [1.165, 1.54) is 18.4 Å². The summed E-state index contributed by atoms with van der Waals surface area (Å²) in [5, 5.41) is 13.5. The second-order valence-electron chi connectivity index (χ2n) is 4.27. The lowest BCUT2D eigenvalue weighted by Crippen LogP contribution is -2.04. The Balaban J connectivity index is 2.23. The van der Waals surface area contributed by atoms with E-state index in [-0.39, 0.29) is 24.4 Å². The van der Waals surface area contributed by atoms with Crippen molar-refractivity contribution in [2.45, 2.75) is 12.8 Å². The van der Waals surface area contributed by atoms with Crippen LogP contribution in [0.4, 0.5) is 5.69 Å². The van der Waals surface area contributed by atoms with Gasteiger partial charge < -0.3 is 15.2 Å². The lowest BCUT2D eigenvalue weighted by molar-refractivity contribution is -0.140. The first-order valence-electron chi connectivity index (χ1n) is 6.09. The third-order valence-electron chi connectivity index (χ3n) is 2.96. The minimum absolute atomic E-state index is 0.0800. The predicted molar refractivity (Wildman–Crippen MR) is 78.6 cm³/mol. The molecule has 2 N–H and O–H groups in total. The Morgan fingerprint density at radius 1 is 1.30 bits per heavy atom. The summed E-state index contributed by atoms with van der Waals surface area (Å²) in [6, 6.07) is 5.15. The number of phenolic OH excluding ortho intramolecular Hbond substituents is 1. The summed E-state index contributed by atoms with van der Waals surface area (Å²) in [4.78, 5) is 23.6.